The molecule has 4 nitrogen and oxygen atoms in total. The molecule has 1 aromatic heterocycles. The maximum absolute atomic E-state index is 13.1. The summed E-state index contributed by atoms with van der Waals surface area (Å²) in [5.74, 6) is -0.588. The molecule has 0 unspecified atom stereocenters. The van der Waals surface area contributed by atoms with E-state index >= 15 is 0 Å². The van der Waals surface area contributed by atoms with Crippen molar-refractivity contribution in [1.29, 1.82) is 0 Å². The van der Waals surface area contributed by atoms with Crippen molar-refractivity contribution in [3.05, 3.63) is 52.8 Å². The van der Waals surface area contributed by atoms with E-state index in [2.05, 4.69) is 5.10 Å². The summed E-state index contributed by atoms with van der Waals surface area (Å²) >= 11 is 0. The van der Waals surface area contributed by atoms with E-state index in [0.29, 0.717) is 13.0 Å². The maximum Gasteiger partial charge on any atom is 0.417 e. The fourth-order valence-electron chi connectivity index (χ4n) is 2.95. The molecule has 0 atom stereocenters. The lowest BCUT2D eigenvalue weighted by Crippen LogP contribution is -2.32. The number of alkyl halides is 3. The highest BCUT2D eigenvalue weighted by Gasteiger charge is 2.36. The number of hydrogen-bond acceptors (Lipinski definition) is 2. The van der Waals surface area contributed by atoms with E-state index in [0.717, 1.165) is 23.7 Å². The van der Waals surface area contributed by atoms with Crippen LogP contribution in [0.25, 0.3) is 0 Å². The normalized spacial score (nSPS) is 15.2. The molecular weight excluding hydrogens is 307 g/mol. The van der Waals surface area contributed by atoms with Gasteiger partial charge in [-0.1, -0.05) is 12.1 Å². The summed E-state index contributed by atoms with van der Waals surface area (Å²) in [7, 11) is 1.83. The Labute approximate surface area is 131 Å². The van der Waals surface area contributed by atoms with Crippen molar-refractivity contribution in [2.24, 2.45) is 7.05 Å². The van der Waals surface area contributed by atoms with E-state index < -0.39 is 17.6 Å². The molecular formula is C16H16F3N3O. The molecule has 0 spiro atoms. The molecule has 2 aromatic rings. The molecule has 1 aliphatic rings. The van der Waals surface area contributed by atoms with Crippen LogP contribution in [-0.4, -0.2) is 27.1 Å². The van der Waals surface area contributed by atoms with Crippen molar-refractivity contribution in [2.45, 2.75) is 25.6 Å². The molecule has 0 aliphatic carbocycles. The van der Waals surface area contributed by atoms with Crippen molar-refractivity contribution in [3.8, 4) is 0 Å². The van der Waals surface area contributed by atoms with Crippen molar-refractivity contribution >= 4 is 5.91 Å². The first-order valence-corrected chi connectivity index (χ1v) is 7.33. The second kappa shape index (κ2) is 5.72. The van der Waals surface area contributed by atoms with Gasteiger partial charge in [-0.2, -0.15) is 18.3 Å². The molecule has 0 fully saturated rings. The van der Waals surface area contributed by atoms with Gasteiger partial charge in [0, 0.05) is 31.4 Å². The average molecular weight is 323 g/mol. The number of fused-ring (bicyclic) bond motifs is 1. The Morgan fingerprint density at radius 2 is 2.00 bits per heavy atom. The van der Waals surface area contributed by atoms with Gasteiger partial charge in [-0.15, -0.1) is 0 Å². The minimum atomic E-state index is -4.54. The average Bonchev–Trinajstić information content (AvgIpc) is 2.74. The van der Waals surface area contributed by atoms with Crippen LogP contribution in [0.5, 0.6) is 0 Å². The summed E-state index contributed by atoms with van der Waals surface area (Å²) in [5, 5.41) is 4.16. The van der Waals surface area contributed by atoms with Gasteiger partial charge in [-0.05, 0) is 25.0 Å². The predicted molar refractivity (Wildman–Crippen MR) is 77.7 cm³/mol. The van der Waals surface area contributed by atoms with Crippen LogP contribution in [0.4, 0.5) is 13.2 Å². The lowest BCUT2D eigenvalue weighted by Gasteiger charge is -2.22. The van der Waals surface area contributed by atoms with Crippen molar-refractivity contribution < 1.29 is 18.0 Å². The van der Waals surface area contributed by atoms with Crippen molar-refractivity contribution in [2.75, 3.05) is 6.54 Å². The summed E-state index contributed by atoms with van der Waals surface area (Å²) in [6.45, 7) is 0.716. The molecule has 0 bridgehead atoms. The van der Waals surface area contributed by atoms with Crippen molar-refractivity contribution in [3.63, 3.8) is 0 Å². The third-order valence-electron chi connectivity index (χ3n) is 4.10. The number of aryl methyl sites for hydroxylation is 1. The highest BCUT2D eigenvalue weighted by molar-refractivity contribution is 5.96. The van der Waals surface area contributed by atoms with Gasteiger partial charge in [0.25, 0.3) is 5.91 Å². The Bertz CT molecular complexity index is 736. The quantitative estimate of drug-likeness (QED) is 0.809. The number of amides is 1. The molecule has 7 heteroatoms. The summed E-state index contributed by atoms with van der Waals surface area (Å²) in [5.41, 5.74) is 0.736. The molecule has 0 saturated carbocycles. The number of aromatic nitrogens is 2. The molecule has 0 saturated heterocycles. The SMILES string of the molecule is Cn1ncc2c1CCCN(C(=O)c1ccccc1C(F)(F)F)C2. The predicted octanol–water partition coefficient (Wildman–Crippen LogP) is 3.03. The van der Waals surface area contributed by atoms with Gasteiger partial charge in [-0.3, -0.25) is 9.48 Å². The number of benzene rings is 1. The summed E-state index contributed by atoms with van der Waals surface area (Å²) in [6.07, 6.45) is -1.41. The number of halogens is 3. The Balaban J connectivity index is 1.92. The first-order chi connectivity index (χ1) is 10.9. The number of carbonyl (C=O) groups is 1. The van der Waals surface area contributed by atoms with Crippen LogP contribution in [0.3, 0.4) is 0 Å². The zero-order valence-electron chi connectivity index (χ0n) is 12.6. The van der Waals surface area contributed by atoms with E-state index in [4.69, 9.17) is 0 Å². The second-order valence-corrected chi connectivity index (χ2v) is 5.61. The minimum absolute atomic E-state index is 0.286. The largest absolute Gasteiger partial charge is 0.417 e. The highest BCUT2D eigenvalue weighted by atomic mass is 19.4. The maximum atomic E-state index is 13.1. The zero-order chi connectivity index (χ0) is 16.6. The standard InChI is InChI=1S/C16H16F3N3O/c1-21-14-7-4-8-22(10-11(14)9-20-21)15(23)12-5-2-3-6-13(12)16(17,18)19/h2-3,5-6,9H,4,7-8,10H2,1H3. The Kier molecular flexibility index (Phi) is 3.87. The highest BCUT2D eigenvalue weighted by Crippen LogP contribution is 2.33. The summed E-state index contributed by atoms with van der Waals surface area (Å²) in [4.78, 5) is 14.1. The zero-order valence-corrected chi connectivity index (χ0v) is 12.6. The first kappa shape index (κ1) is 15.6. The van der Waals surface area contributed by atoms with E-state index in [-0.39, 0.29) is 12.1 Å². The monoisotopic (exact) mass is 323 g/mol. The van der Waals surface area contributed by atoms with Crippen LogP contribution in [0.1, 0.15) is 33.6 Å². The molecule has 0 N–H and O–H groups in total. The van der Waals surface area contributed by atoms with Crippen LogP contribution < -0.4 is 0 Å². The second-order valence-electron chi connectivity index (χ2n) is 5.61. The van der Waals surface area contributed by atoms with Gasteiger partial charge in [0.2, 0.25) is 0 Å². The molecule has 2 heterocycles. The summed E-state index contributed by atoms with van der Waals surface area (Å²) in [6, 6.07) is 4.93. The van der Waals surface area contributed by atoms with E-state index in [1.54, 1.807) is 10.9 Å². The lowest BCUT2D eigenvalue weighted by molar-refractivity contribution is -0.138. The summed E-state index contributed by atoms with van der Waals surface area (Å²) < 4.78 is 41.1. The smallest absolute Gasteiger partial charge is 0.334 e. The van der Waals surface area contributed by atoms with Gasteiger partial charge in [0.15, 0.2) is 0 Å². The van der Waals surface area contributed by atoms with E-state index in [9.17, 15) is 18.0 Å². The van der Waals surface area contributed by atoms with E-state index in [1.807, 2.05) is 7.05 Å². The first-order valence-electron chi connectivity index (χ1n) is 7.33. The Hall–Kier alpha value is -2.31. The number of carbonyl (C=O) groups excluding carboxylic acids is 1. The van der Waals surface area contributed by atoms with Crippen LogP contribution >= 0.6 is 0 Å². The van der Waals surface area contributed by atoms with Crippen LogP contribution in [0.2, 0.25) is 0 Å². The van der Waals surface area contributed by atoms with E-state index in [1.165, 1.54) is 23.1 Å². The number of nitrogens with zero attached hydrogens (tertiary/aromatic N) is 3. The van der Waals surface area contributed by atoms with Gasteiger partial charge in [0.05, 0.1) is 17.3 Å². The van der Waals surface area contributed by atoms with Crippen LogP contribution in [0.15, 0.2) is 30.5 Å². The molecule has 1 amide bonds. The molecule has 23 heavy (non-hydrogen) atoms. The van der Waals surface area contributed by atoms with Gasteiger partial charge >= 0.3 is 6.18 Å². The third-order valence-corrected chi connectivity index (χ3v) is 4.10. The van der Waals surface area contributed by atoms with Gasteiger partial charge < -0.3 is 4.90 Å². The minimum Gasteiger partial charge on any atom is -0.334 e. The fourth-order valence-corrected chi connectivity index (χ4v) is 2.95. The number of hydrogen-bond donors (Lipinski definition) is 0. The third kappa shape index (κ3) is 2.95. The van der Waals surface area contributed by atoms with Crippen LogP contribution in [-0.2, 0) is 26.2 Å². The van der Waals surface area contributed by atoms with Gasteiger partial charge in [-0.25, -0.2) is 0 Å². The molecule has 3 rings (SSSR count). The number of rotatable bonds is 1. The molecule has 1 aromatic carbocycles. The Morgan fingerprint density at radius 1 is 1.26 bits per heavy atom. The van der Waals surface area contributed by atoms with Crippen LogP contribution in [0, 0.1) is 0 Å². The van der Waals surface area contributed by atoms with Gasteiger partial charge in [0.1, 0.15) is 0 Å². The Morgan fingerprint density at radius 3 is 2.74 bits per heavy atom. The molecule has 1 aliphatic heterocycles. The lowest BCUT2D eigenvalue weighted by atomic mass is 10.1. The topological polar surface area (TPSA) is 38.1 Å². The molecule has 0 radical (unpaired) electrons. The fraction of sp³-hybridized carbons (Fsp3) is 0.375. The molecule has 122 valence electrons. The van der Waals surface area contributed by atoms with Crippen molar-refractivity contribution in [1.82, 2.24) is 14.7 Å².